The Morgan fingerprint density at radius 3 is 2.64 bits per heavy atom. The highest BCUT2D eigenvalue weighted by atomic mass is 79.9. The van der Waals surface area contributed by atoms with Crippen molar-refractivity contribution >= 4 is 45.0 Å². The Morgan fingerprint density at radius 1 is 1.05 bits per heavy atom. The summed E-state index contributed by atoms with van der Waals surface area (Å²) in [6.07, 6.45) is 3.73. The Morgan fingerprint density at radius 2 is 1.86 bits per heavy atom. The maximum absolute atomic E-state index is 11.4. The van der Waals surface area contributed by atoms with Crippen molar-refractivity contribution in [3.05, 3.63) is 75.9 Å². The van der Waals surface area contributed by atoms with E-state index in [0.717, 1.165) is 10.0 Å². The van der Waals surface area contributed by atoms with Crippen LogP contribution >= 0.6 is 15.9 Å². The van der Waals surface area contributed by atoms with Gasteiger partial charge in [0, 0.05) is 9.86 Å². The molecule has 2 aromatic carbocycles. The summed E-state index contributed by atoms with van der Waals surface area (Å²) in [7, 11) is 0. The van der Waals surface area contributed by atoms with Gasteiger partial charge in [0.15, 0.2) is 0 Å². The number of carboxylic acids is 1. The average molecular weight is 354 g/mol. The molecule has 0 aliphatic rings. The minimum Gasteiger partial charge on any atom is -0.478 e. The molecule has 0 spiro atoms. The molecule has 1 N–H and O–H groups in total. The van der Waals surface area contributed by atoms with Crippen LogP contribution in [0.25, 0.3) is 23.1 Å². The summed E-state index contributed by atoms with van der Waals surface area (Å²) in [5.74, 6) is -0.948. The molecular weight excluding hydrogens is 342 g/mol. The first-order valence-corrected chi connectivity index (χ1v) is 7.49. The highest BCUT2D eigenvalue weighted by Crippen LogP contribution is 2.20. The molecule has 108 valence electrons. The molecular formula is C18H12BrNO2. The van der Waals surface area contributed by atoms with Crippen molar-refractivity contribution < 1.29 is 9.90 Å². The summed E-state index contributed by atoms with van der Waals surface area (Å²) in [6, 6.07) is 16.7. The van der Waals surface area contributed by atoms with Crippen molar-refractivity contribution in [2.45, 2.75) is 0 Å². The second kappa shape index (κ2) is 6.12. The number of benzene rings is 2. The molecule has 0 fully saturated rings. The molecule has 3 rings (SSSR count). The fourth-order valence-electron chi connectivity index (χ4n) is 2.25. The molecule has 4 heteroatoms. The maximum atomic E-state index is 11.4. The monoisotopic (exact) mass is 353 g/mol. The van der Waals surface area contributed by atoms with E-state index in [9.17, 15) is 9.90 Å². The predicted molar refractivity (Wildman–Crippen MR) is 91.8 cm³/mol. The SMILES string of the molecule is O=C(O)c1cc(C=Cc2cccc(Br)c2)nc2ccccc12. The first-order chi connectivity index (χ1) is 10.6. The van der Waals surface area contributed by atoms with E-state index in [-0.39, 0.29) is 5.56 Å². The fraction of sp³-hybridized carbons (Fsp3) is 0. The van der Waals surface area contributed by atoms with Gasteiger partial charge in [0.2, 0.25) is 0 Å². The topological polar surface area (TPSA) is 50.2 Å². The van der Waals surface area contributed by atoms with E-state index in [1.807, 2.05) is 54.6 Å². The summed E-state index contributed by atoms with van der Waals surface area (Å²) in [5, 5.41) is 10.0. The lowest BCUT2D eigenvalue weighted by Gasteiger charge is -2.04. The number of carboxylic acid groups (broad SMARTS) is 1. The lowest BCUT2D eigenvalue weighted by Crippen LogP contribution is -2.00. The van der Waals surface area contributed by atoms with Crippen molar-refractivity contribution in [1.82, 2.24) is 4.98 Å². The standard InChI is InChI=1S/C18H12BrNO2/c19-13-5-3-4-12(10-13)8-9-14-11-16(18(21)22)15-6-1-2-7-17(15)20-14/h1-11H,(H,21,22). The van der Waals surface area contributed by atoms with E-state index in [2.05, 4.69) is 20.9 Å². The number of aromatic carboxylic acids is 1. The van der Waals surface area contributed by atoms with Gasteiger partial charge in [-0.15, -0.1) is 0 Å². The first-order valence-electron chi connectivity index (χ1n) is 6.70. The molecule has 1 heterocycles. The molecule has 0 aliphatic heterocycles. The lowest BCUT2D eigenvalue weighted by molar-refractivity contribution is 0.0699. The van der Waals surface area contributed by atoms with Gasteiger partial charge in [-0.25, -0.2) is 9.78 Å². The fourth-order valence-corrected chi connectivity index (χ4v) is 2.67. The third-order valence-corrected chi connectivity index (χ3v) is 3.75. The van der Waals surface area contributed by atoms with Crippen LogP contribution in [0.4, 0.5) is 0 Å². The number of aromatic nitrogens is 1. The zero-order chi connectivity index (χ0) is 15.5. The Labute approximate surface area is 136 Å². The van der Waals surface area contributed by atoms with Gasteiger partial charge in [0.05, 0.1) is 16.8 Å². The molecule has 0 aliphatic carbocycles. The van der Waals surface area contributed by atoms with Crippen LogP contribution < -0.4 is 0 Å². The molecule has 0 saturated carbocycles. The van der Waals surface area contributed by atoms with Gasteiger partial charge >= 0.3 is 5.97 Å². The third kappa shape index (κ3) is 3.07. The first kappa shape index (κ1) is 14.5. The summed E-state index contributed by atoms with van der Waals surface area (Å²) in [5.41, 5.74) is 2.58. The van der Waals surface area contributed by atoms with Crippen molar-refractivity contribution in [3.8, 4) is 0 Å². The summed E-state index contributed by atoms with van der Waals surface area (Å²) in [4.78, 5) is 15.9. The number of pyridine rings is 1. The van der Waals surface area contributed by atoms with Gasteiger partial charge in [0.25, 0.3) is 0 Å². The van der Waals surface area contributed by atoms with Crippen LogP contribution in [0.2, 0.25) is 0 Å². The van der Waals surface area contributed by atoms with Crippen molar-refractivity contribution in [2.24, 2.45) is 0 Å². The number of para-hydroxylation sites is 1. The number of nitrogens with zero attached hydrogens (tertiary/aromatic N) is 1. The molecule has 0 saturated heterocycles. The summed E-state index contributed by atoms with van der Waals surface area (Å²) >= 11 is 3.42. The van der Waals surface area contributed by atoms with Crippen LogP contribution in [0, 0.1) is 0 Å². The Kier molecular flexibility index (Phi) is 4.02. The summed E-state index contributed by atoms with van der Waals surface area (Å²) < 4.78 is 0.993. The van der Waals surface area contributed by atoms with Crippen LogP contribution in [-0.4, -0.2) is 16.1 Å². The highest BCUT2D eigenvalue weighted by Gasteiger charge is 2.10. The smallest absolute Gasteiger partial charge is 0.336 e. The molecule has 0 bridgehead atoms. The van der Waals surface area contributed by atoms with Gasteiger partial charge in [-0.1, -0.05) is 52.3 Å². The Hall–Kier alpha value is -2.46. The van der Waals surface area contributed by atoms with Crippen molar-refractivity contribution in [3.63, 3.8) is 0 Å². The molecule has 1 aromatic heterocycles. The number of hydrogen-bond acceptors (Lipinski definition) is 2. The van der Waals surface area contributed by atoms with E-state index in [0.29, 0.717) is 16.6 Å². The molecule has 22 heavy (non-hydrogen) atoms. The largest absolute Gasteiger partial charge is 0.478 e. The van der Waals surface area contributed by atoms with Crippen LogP contribution in [0.15, 0.2) is 59.1 Å². The van der Waals surface area contributed by atoms with Gasteiger partial charge < -0.3 is 5.11 Å². The molecule has 0 atom stereocenters. The predicted octanol–water partition coefficient (Wildman–Crippen LogP) is 4.87. The number of rotatable bonds is 3. The van der Waals surface area contributed by atoms with E-state index in [1.165, 1.54) is 0 Å². The Balaban J connectivity index is 2.06. The van der Waals surface area contributed by atoms with Crippen molar-refractivity contribution in [1.29, 1.82) is 0 Å². The van der Waals surface area contributed by atoms with Gasteiger partial charge in [-0.05, 0) is 35.9 Å². The minimum absolute atomic E-state index is 0.263. The second-order valence-electron chi connectivity index (χ2n) is 4.81. The molecule has 3 nitrogen and oxygen atoms in total. The van der Waals surface area contributed by atoms with E-state index < -0.39 is 5.97 Å². The van der Waals surface area contributed by atoms with Crippen molar-refractivity contribution in [2.75, 3.05) is 0 Å². The quantitative estimate of drug-likeness (QED) is 0.730. The molecule has 0 radical (unpaired) electrons. The zero-order valence-electron chi connectivity index (χ0n) is 11.5. The summed E-state index contributed by atoms with van der Waals surface area (Å²) in [6.45, 7) is 0. The van der Waals surface area contributed by atoms with E-state index in [4.69, 9.17) is 0 Å². The Bertz CT molecular complexity index is 887. The van der Waals surface area contributed by atoms with E-state index in [1.54, 1.807) is 12.1 Å². The van der Waals surface area contributed by atoms with E-state index >= 15 is 0 Å². The van der Waals surface area contributed by atoms with Gasteiger partial charge in [0.1, 0.15) is 0 Å². The highest BCUT2D eigenvalue weighted by molar-refractivity contribution is 9.10. The number of carbonyl (C=O) groups is 1. The average Bonchev–Trinajstić information content (AvgIpc) is 2.52. The van der Waals surface area contributed by atoms with Crippen LogP contribution in [0.1, 0.15) is 21.6 Å². The van der Waals surface area contributed by atoms with Gasteiger partial charge in [-0.3, -0.25) is 0 Å². The van der Waals surface area contributed by atoms with Gasteiger partial charge in [-0.2, -0.15) is 0 Å². The molecule has 3 aromatic rings. The number of hydrogen-bond donors (Lipinski definition) is 1. The van der Waals surface area contributed by atoms with Crippen LogP contribution in [-0.2, 0) is 0 Å². The minimum atomic E-state index is -0.948. The lowest BCUT2D eigenvalue weighted by atomic mass is 10.1. The second-order valence-corrected chi connectivity index (χ2v) is 5.72. The van der Waals surface area contributed by atoms with Crippen LogP contribution in [0.3, 0.4) is 0 Å². The van der Waals surface area contributed by atoms with Crippen LogP contribution in [0.5, 0.6) is 0 Å². The third-order valence-electron chi connectivity index (χ3n) is 3.26. The number of halogens is 1. The number of fused-ring (bicyclic) bond motifs is 1. The maximum Gasteiger partial charge on any atom is 0.336 e. The normalized spacial score (nSPS) is 11.1. The molecule has 0 unspecified atom stereocenters. The molecule has 0 amide bonds. The zero-order valence-corrected chi connectivity index (χ0v) is 13.1.